The molecule has 0 saturated heterocycles. The number of anilines is 1. The first-order valence-electron chi connectivity index (χ1n) is 6.94. The van der Waals surface area contributed by atoms with Crippen LogP contribution in [0.3, 0.4) is 0 Å². The number of carbonyl (C=O) groups excluding carboxylic acids is 2. The van der Waals surface area contributed by atoms with Gasteiger partial charge in [0.05, 0.1) is 24.4 Å². The molecule has 0 heterocycles. The number of amides is 2. The van der Waals surface area contributed by atoms with Crippen LogP contribution in [0, 0.1) is 0 Å². The highest BCUT2D eigenvalue weighted by Gasteiger charge is 2.12. The molecule has 0 atom stereocenters. The van der Waals surface area contributed by atoms with E-state index in [1.165, 1.54) is 0 Å². The maximum Gasteiger partial charge on any atom is 0.253 e. The number of para-hydroxylation sites is 1. The Morgan fingerprint density at radius 2 is 1.95 bits per heavy atom. The molecular weight excluding hydrogens is 270 g/mol. The molecule has 0 radical (unpaired) electrons. The van der Waals surface area contributed by atoms with Gasteiger partial charge in [0.15, 0.2) is 0 Å². The van der Waals surface area contributed by atoms with Gasteiger partial charge in [-0.15, -0.1) is 0 Å². The molecule has 116 valence electrons. The van der Waals surface area contributed by atoms with E-state index < -0.39 is 0 Å². The van der Waals surface area contributed by atoms with Crippen LogP contribution in [-0.2, 0) is 9.53 Å². The third-order valence-corrected chi connectivity index (χ3v) is 2.71. The first-order chi connectivity index (χ1) is 10.0. The predicted molar refractivity (Wildman–Crippen MR) is 82.4 cm³/mol. The Kier molecular flexibility index (Phi) is 7.42. The van der Waals surface area contributed by atoms with Gasteiger partial charge in [0.1, 0.15) is 0 Å². The lowest BCUT2D eigenvalue weighted by atomic mass is 10.1. The van der Waals surface area contributed by atoms with Crippen molar-refractivity contribution in [2.75, 3.05) is 32.1 Å². The molecule has 0 saturated carbocycles. The molecule has 6 heteroatoms. The van der Waals surface area contributed by atoms with Crippen molar-refractivity contribution in [3.05, 3.63) is 29.8 Å². The Hall–Kier alpha value is -1.92. The summed E-state index contributed by atoms with van der Waals surface area (Å²) in [6.45, 7) is 5.00. The van der Waals surface area contributed by atoms with Crippen LogP contribution < -0.4 is 16.0 Å². The number of hydrogen-bond donors (Lipinski definition) is 3. The van der Waals surface area contributed by atoms with Gasteiger partial charge in [0.25, 0.3) is 5.91 Å². The second-order valence-corrected chi connectivity index (χ2v) is 4.88. The van der Waals surface area contributed by atoms with Crippen LogP contribution in [-0.4, -0.2) is 44.7 Å². The summed E-state index contributed by atoms with van der Waals surface area (Å²) in [5, 5.41) is 8.50. The zero-order valence-corrected chi connectivity index (χ0v) is 12.7. The Bertz CT molecular complexity index is 475. The van der Waals surface area contributed by atoms with E-state index in [2.05, 4.69) is 16.0 Å². The van der Waals surface area contributed by atoms with Crippen molar-refractivity contribution >= 4 is 17.5 Å². The van der Waals surface area contributed by atoms with Crippen molar-refractivity contribution < 1.29 is 14.3 Å². The van der Waals surface area contributed by atoms with Gasteiger partial charge in [-0.3, -0.25) is 9.59 Å². The molecule has 1 aromatic rings. The van der Waals surface area contributed by atoms with E-state index in [4.69, 9.17) is 4.74 Å². The Morgan fingerprint density at radius 1 is 1.24 bits per heavy atom. The summed E-state index contributed by atoms with van der Waals surface area (Å²) in [5.41, 5.74) is 0.939. The molecule has 0 unspecified atom stereocenters. The number of methoxy groups -OCH3 is 1. The molecule has 3 N–H and O–H groups in total. The van der Waals surface area contributed by atoms with E-state index in [-0.39, 0.29) is 24.4 Å². The predicted octanol–water partition coefficient (Wildman–Crippen LogP) is 0.999. The van der Waals surface area contributed by atoms with Gasteiger partial charge in [-0.05, 0) is 12.1 Å². The summed E-state index contributed by atoms with van der Waals surface area (Å²) in [6.07, 6.45) is 0. The Balaban J connectivity index is 2.66. The fourth-order valence-electron chi connectivity index (χ4n) is 1.64. The normalized spacial score (nSPS) is 10.5. The monoisotopic (exact) mass is 293 g/mol. The van der Waals surface area contributed by atoms with Crippen LogP contribution in [0.2, 0.25) is 0 Å². The zero-order chi connectivity index (χ0) is 15.7. The highest BCUT2D eigenvalue weighted by molar-refractivity contribution is 6.04. The van der Waals surface area contributed by atoms with Gasteiger partial charge in [0, 0.05) is 19.7 Å². The third kappa shape index (κ3) is 6.37. The molecule has 0 bridgehead atoms. The number of ether oxygens (including phenoxy) is 1. The van der Waals surface area contributed by atoms with Crippen LogP contribution in [0.25, 0.3) is 0 Å². The third-order valence-electron chi connectivity index (χ3n) is 2.71. The van der Waals surface area contributed by atoms with E-state index in [1.54, 1.807) is 31.4 Å². The van der Waals surface area contributed by atoms with Crippen molar-refractivity contribution in [1.29, 1.82) is 0 Å². The molecule has 0 fully saturated rings. The second-order valence-electron chi connectivity index (χ2n) is 4.88. The van der Waals surface area contributed by atoms with E-state index in [1.807, 2.05) is 13.8 Å². The quantitative estimate of drug-likeness (QED) is 0.625. The molecule has 0 aliphatic heterocycles. The van der Waals surface area contributed by atoms with Crippen molar-refractivity contribution in [2.45, 2.75) is 19.9 Å². The van der Waals surface area contributed by atoms with E-state index in [9.17, 15) is 9.59 Å². The minimum Gasteiger partial charge on any atom is -0.383 e. The van der Waals surface area contributed by atoms with Gasteiger partial charge in [-0.1, -0.05) is 26.0 Å². The van der Waals surface area contributed by atoms with Crippen molar-refractivity contribution in [1.82, 2.24) is 10.6 Å². The topological polar surface area (TPSA) is 79.5 Å². The smallest absolute Gasteiger partial charge is 0.253 e. The molecule has 0 aromatic heterocycles. The van der Waals surface area contributed by atoms with Crippen molar-refractivity contribution in [3.8, 4) is 0 Å². The molecule has 2 amide bonds. The van der Waals surface area contributed by atoms with E-state index >= 15 is 0 Å². The maximum atomic E-state index is 12.1. The summed E-state index contributed by atoms with van der Waals surface area (Å²) in [6, 6.07) is 7.14. The number of hydrogen-bond acceptors (Lipinski definition) is 4. The molecule has 0 aliphatic carbocycles. The number of benzene rings is 1. The lowest BCUT2D eigenvalue weighted by molar-refractivity contribution is -0.115. The molecule has 1 aromatic carbocycles. The standard InChI is InChI=1S/C15H23N3O3/c1-11(2)17-10-14(19)18-13-7-5-4-6-12(13)15(20)16-8-9-21-3/h4-7,11,17H,8-10H2,1-3H3,(H,16,20)(H,18,19). The van der Waals surface area contributed by atoms with Gasteiger partial charge in [0.2, 0.25) is 5.91 Å². The summed E-state index contributed by atoms with van der Waals surface area (Å²) in [5.74, 6) is -0.416. The van der Waals surface area contributed by atoms with Crippen LogP contribution in [0.5, 0.6) is 0 Å². The van der Waals surface area contributed by atoms with E-state index in [0.29, 0.717) is 24.4 Å². The first-order valence-corrected chi connectivity index (χ1v) is 6.94. The average molecular weight is 293 g/mol. The highest BCUT2D eigenvalue weighted by Crippen LogP contribution is 2.14. The number of nitrogens with one attached hydrogen (secondary N) is 3. The number of rotatable bonds is 8. The molecule has 0 spiro atoms. The zero-order valence-electron chi connectivity index (χ0n) is 12.7. The van der Waals surface area contributed by atoms with E-state index in [0.717, 1.165) is 0 Å². The molecule has 6 nitrogen and oxygen atoms in total. The molecule has 1 rings (SSSR count). The molecule has 0 aliphatic rings. The lowest BCUT2D eigenvalue weighted by Crippen LogP contribution is -2.33. The highest BCUT2D eigenvalue weighted by atomic mass is 16.5. The fourth-order valence-corrected chi connectivity index (χ4v) is 1.64. The average Bonchev–Trinajstić information content (AvgIpc) is 2.46. The van der Waals surface area contributed by atoms with Crippen molar-refractivity contribution in [3.63, 3.8) is 0 Å². The van der Waals surface area contributed by atoms with Gasteiger partial charge in [-0.25, -0.2) is 0 Å². The fraction of sp³-hybridized carbons (Fsp3) is 0.467. The Labute approximate surface area is 125 Å². The molecular formula is C15H23N3O3. The van der Waals surface area contributed by atoms with Crippen LogP contribution in [0.1, 0.15) is 24.2 Å². The summed E-state index contributed by atoms with van der Waals surface area (Å²) in [4.78, 5) is 23.9. The summed E-state index contributed by atoms with van der Waals surface area (Å²) < 4.78 is 4.88. The van der Waals surface area contributed by atoms with Crippen LogP contribution >= 0.6 is 0 Å². The Morgan fingerprint density at radius 3 is 2.62 bits per heavy atom. The molecule has 21 heavy (non-hydrogen) atoms. The first kappa shape index (κ1) is 17.1. The van der Waals surface area contributed by atoms with Gasteiger partial charge < -0.3 is 20.7 Å². The lowest BCUT2D eigenvalue weighted by Gasteiger charge is -2.12. The van der Waals surface area contributed by atoms with Crippen LogP contribution in [0.15, 0.2) is 24.3 Å². The minimum absolute atomic E-state index is 0.180. The maximum absolute atomic E-state index is 12.1. The van der Waals surface area contributed by atoms with Crippen LogP contribution in [0.4, 0.5) is 5.69 Å². The minimum atomic E-state index is -0.236. The second kappa shape index (κ2) is 9.10. The largest absolute Gasteiger partial charge is 0.383 e. The van der Waals surface area contributed by atoms with Crippen molar-refractivity contribution in [2.24, 2.45) is 0 Å². The summed E-state index contributed by atoms with van der Waals surface area (Å²) in [7, 11) is 1.57. The van der Waals surface area contributed by atoms with Gasteiger partial charge >= 0.3 is 0 Å². The SMILES string of the molecule is COCCNC(=O)c1ccccc1NC(=O)CNC(C)C. The number of carbonyl (C=O) groups is 2. The van der Waals surface area contributed by atoms with Gasteiger partial charge in [-0.2, -0.15) is 0 Å². The summed E-state index contributed by atoms with van der Waals surface area (Å²) >= 11 is 0.